The van der Waals surface area contributed by atoms with Gasteiger partial charge in [-0.15, -0.1) is 12.4 Å². The van der Waals surface area contributed by atoms with Crippen LogP contribution in [0, 0.1) is 13.8 Å². The molecule has 0 spiro atoms. The Morgan fingerprint density at radius 1 is 1.28 bits per heavy atom. The monoisotopic (exact) mass is 363 g/mol. The first-order chi connectivity index (χ1) is 11.6. The van der Waals surface area contributed by atoms with Crippen molar-refractivity contribution >= 4 is 18.3 Å². The minimum atomic E-state index is 0. The topological polar surface area (TPSA) is 60.5 Å². The lowest BCUT2D eigenvalue weighted by atomic mass is 10.2. The number of aromatic nitrogens is 1. The highest BCUT2D eigenvalue weighted by molar-refractivity contribution is 5.96. The highest BCUT2D eigenvalue weighted by atomic mass is 35.5. The molecular formula is C19H26ClN3O2. The number of halogens is 1. The normalized spacial score (nSPS) is 16.6. The van der Waals surface area contributed by atoms with Crippen LogP contribution in [0.2, 0.25) is 0 Å². The average Bonchev–Trinajstić information content (AvgIpc) is 3.19. The number of hydrogen-bond acceptors (Lipinski definition) is 3. The molecule has 0 bridgehead atoms. The number of aryl methyl sites for hydroxylation is 1. The molecular weight excluding hydrogens is 338 g/mol. The van der Waals surface area contributed by atoms with Crippen LogP contribution in [-0.4, -0.2) is 41.6 Å². The lowest BCUT2D eigenvalue weighted by molar-refractivity contribution is 0.0740. The Hall–Kier alpha value is -1.98. The van der Waals surface area contributed by atoms with E-state index in [1.54, 1.807) is 7.11 Å². The van der Waals surface area contributed by atoms with Crippen LogP contribution in [-0.2, 0) is 0 Å². The van der Waals surface area contributed by atoms with Crippen LogP contribution in [0.25, 0.3) is 5.69 Å². The summed E-state index contributed by atoms with van der Waals surface area (Å²) in [6, 6.07) is 10.0. The van der Waals surface area contributed by atoms with Gasteiger partial charge in [0.15, 0.2) is 0 Å². The van der Waals surface area contributed by atoms with Gasteiger partial charge in [-0.3, -0.25) is 4.79 Å². The van der Waals surface area contributed by atoms with Gasteiger partial charge in [0.2, 0.25) is 0 Å². The predicted octanol–water partition coefficient (Wildman–Crippen LogP) is 3.09. The number of carbonyl (C=O) groups excluding carboxylic acids is 1. The first-order valence-electron chi connectivity index (χ1n) is 8.41. The number of methoxy groups -OCH3 is 1. The van der Waals surface area contributed by atoms with Gasteiger partial charge in [-0.25, -0.2) is 0 Å². The Morgan fingerprint density at radius 3 is 2.56 bits per heavy atom. The number of nitrogens with zero attached hydrogens (tertiary/aromatic N) is 2. The Kier molecular flexibility index (Phi) is 6.14. The molecule has 1 aliphatic rings. The second kappa shape index (κ2) is 7.93. The van der Waals surface area contributed by atoms with E-state index in [4.69, 9.17) is 10.5 Å². The van der Waals surface area contributed by atoms with Gasteiger partial charge in [0, 0.05) is 36.2 Å². The van der Waals surface area contributed by atoms with Gasteiger partial charge < -0.3 is 19.9 Å². The van der Waals surface area contributed by atoms with E-state index in [1.165, 1.54) is 0 Å². The van der Waals surface area contributed by atoms with Crippen LogP contribution >= 0.6 is 12.4 Å². The Morgan fingerprint density at radius 2 is 1.96 bits per heavy atom. The van der Waals surface area contributed by atoms with Crippen molar-refractivity contribution in [2.75, 3.05) is 20.2 Å². The minimum absolute atomic E-state index is 0. The number of carbonyl (C=O) groups is 1. The molecule has 1 fully saturated rings. The maximum absolute atomic E-state index is 13.0. The number of ether oxygens (including phenoxy) is 1. The summed E-state index contributed by atoms with van der Waals surface area (Å²) in [4.78, 5) is 14.9. The maximum Gasteiger partial charge on any atom is 0.255 e. The standard InChI is InChI=1S/C19H25N3O2.ClH/c1-13-11-18(19(23)21-10-4-5-16(21)12-20)14(2)22(13)15-6-8-17(24-3)9-7-15;/h6-9,11,16H,4-5,10,12,20H2,1-3H3;1H. The van der Waals surface area contributed by atoms with Gasteiger partial charge in [0.25, 0.3) is 5.91 Å². The molecule has 5 nitrogen and oxygen atoms in total. The molecule has 0 saturated carbocycles. The first kappa shape index (κ1) is 19.3. The van der Waals surface area contributed by atoms with Crippen molar-refractivity contribution in [2.24, 2.45) is 5.73 Å². The van der Waals surface area contributed by atoms with E-state index in [1.807, 2.05) is 49.1 Å². The molecule has 25 heavy (non-hydrogen) atoms. The number of rotatable bonds is 4. The number of likely N-dealkylation sites (tertiary alicyclic amines) is 1. The van der Waals surface area contributed by atoms with Crippen molar-refractivity contribution in [1.29, 1.82) is 0 Å². The Balaban J connectivity index is 0.00000225. The van der Waals surface area contributed by atoms with Crippen molar-refractivity contribution in [3.63, 3.8) is 0 Å². The fourth-order valence-electron chi connectivity index (χ4n) is 3.61. The lowest BCUT2D eigenvalue weighted by Crippen LogP contribution is -2.40. The maximum atomic E-state index is 13.0. The molecule has 1 unspecified atom stereocenters. The molecule has 2 aromatic rings. The smallest absolute Gasteiger partial charge is 0.255 e. The number of benzene rings is 1. The molecule has 1 saturated heterocycles. The van der Waals surface area contributed by atoms with E-state index < -0.39 is 0 Å². The van der Waals surface area contributed by atoms with Crippen molar-refractivity contribution < 1.29 is 9.53 Å². The molecule has 1 aliphatic heterocycles. The van der Waals surface area contributed by atoms with Crippen LogP contribution in [0.15, 0.2) is 30.3 Å². The van der Waals surface area contributed by atoms with E-state index >= 15 is 0 Å². The fourth-order valence-corrected chi connectivity index (χ4v) is 3.61. The highest BCUT2D eigenvalue weighted by Crippen LogP contribution is 2.26. The summed E-state index contributed by atoms with van der Waals surface area (Å²) >= 11 is 0. The summed E-state index contributed by atoms with van der Waals surface area (Å²) in [6.45, 7) is 5.35. The SMILES string of the molecule is COc1ccc(-n2c(C)cc(C(=O)N3CCCC3CN)c2C)cc1.Cl. The molecule has 0 aliphatic carbocycles. The quantitative estimate of drug-likeness (QED) is 0.908. The molecule has 6 heteroatoms. The lowest BCUT2D eigenvalue weighted by Gasteiger charge is -2.23. The molecule has 1 aromatic carbocycles. The molecule has 1 atom stereocenters. The second-order valence-corrected chi connectivity index (χ2v) is 6.35. The third-order valence-corrected chi connectivity index (χ3v) is 4.90. The van der Waals surface area contributed by atoms with Gasteiger partial charge in [-0.1, -0.05) is 0 Å². The average molecular weight is 364 g/mol. The molecule has 3 rings (SSSR count). The van der Waals surface area contributed by atoms with E-state index in [9.17, 15) is 4.79 Å². The van der Waals surface area contributed by atoms with Crippen LogP contribution in [0.3, 0.4) is 0 Å². The highest BCUT2D eigenvalue weighted by Gasteiger charge is 2.30. The van der Waals surface area contributed by atoms with Crippen LogP contribution in [0.5, 0.6) is 5.75 Å². The third-order valence-electron chi connectivity index (χ3n) is 4.90. The van der Waals surface area contributed by atoms with Crippen LogP contribution in [0.4, 0.5) is 0 Å². The van der Waals surface area contributed by atoms with Crippen molar-refractivity contribution in [1.82, 2.24) is 9.47 Å². The van der Waals surface area contributed by atoms with E-state index in [0.29, 0.717) is 6.54 Å². The molecule has 2 heterocycles. The van der Waals surface area contributed by atoms with Crippen LogP contribution in [0.1, 0.15) is 34.6 Å². The molecule has 2 N–H and O–H groups in total. The summed E-state index contributed by atoms with van der Waals surface area (Å²) in [7, 11) is 1.65. The van der Waals surface area contributed by atoms with Crippen molar-refractivity contribution in [3.05, 3.63) is 47.3 Å². The summed E-state index contributed by atoms with van der Waals surface area (Å²) in [5.74, 6) is 0.913. The number of amides is 1. The third kappa shape index (κ3) is 3.53. The van der Waals surface area contributed by atoms with Crippen LogP contribution < -0.4 is 10.5 Å². The summed E-state index contributed by atoms with van der Waals surface area (Å²) in [5.41, 5.74) is 9.63. The zero-order valence-corrected chi connectivity index (χ0v) is 15.8. The largest absolute Gasteiger partial charge is 0.497 e. The molecule has 1 amide bonds. The molecule has 0 radical (unpaired) electrons. The van der Waals surface area contributed by atoms with Gasteiger partial charge in [-0.2, -0.15) is 0 Å². The van der Waals surface area contributed by atoms with Gasteiger partial charge in [-0.05, 0) is 57.0 Å². The fraction of sp³-hybridized carbons (Fsp3) is 0.421. The Labute approximate surface area is 155 Å². The van der Waals surface area contributed by atoms with E-state index in [0.717, 1.165) is 47.8 Å². The zero-order valence-electron chi connectivity index (χ0n) is 15.0. The van der Waals surface area contributed by atoms with Crippen molar-refractivity contribution in [2.45, 2.75) is 32.7 Å². The van der Waals surface area contributed by atoms with Gasteiger partial charge in [0.05, 0.1) is 12.7 Å². The first-order valence-corrected chi connectivity index (χ1v) is 8.41. The van der Waals surface area contributed by atoms with E-state index in [-0.39, 0.29) is 24.4 Å². The Bertz CT molecular complexity index is 740. The molecule has 1 aromatic heterocycles. The summed E-state index contributed by atoms with van der Waals surface area (Å²) in [6.07, 6.45) is 2.03. The number of hydrogen-bond donors (Lipinski definition) is 1. The second-order valence-electron chi connectivity index (χ2n) is 6.35. The van der Waals surface area contributed by atoms with E-state index in [2.05, 4.69) is 4.57 Å². The number of nitrogens with two attached hydrogens (primary N) is 1. The summed E-state index contributed by atoms with van der Waals surface area (Å²) < 4.78 is 7.33. The summed E-state index contributed by atoms with van der Waals surface area (Å²) in [5, 5.41) is 0. The predicted molar refractivity (Wildman–Crippen MR) is 102 cm³/mol. The minimum Gasteiger partial charge on any atom is -0.497 e. The zero-order chi connectivity index (χ0) is 17.3. The molecule has 136 valence electrons. The van der Waals surface area contributed by atoms with Gasteiger partial charge >= 0.3 is 0 Å². The van der Waals surface area contributed by atoms with Crippen molar-refractivity contribution in [3.8, 4) is 11.4 Å². The van der Waals surface area contributed by atoms with Gasteiger partial charge in [0.1, 0.15) is 5.75 Å².